The van der Waals surface area contributed by atoms with E-state index >= 15 is 0 Å². The van der Waals surface area contributed by atoms with Gasteiger partial charge in [0, 0.05) is 30.0 Å². The van der Waals surface area contributed by atoms with E-state index in [9.17, 15) is 4.79 Å². The quantitative estimate of drug-likeness (QED) is 0.458. The van der Waals surface area contributed by atoms with Crippen LogP contribution in [0.3, 0.4) is 0 Å². The van der Waals surface area contributed by atoms with Gasteiger partial charge in [-0.25, -0.2) is 4.98 Å². The lowest BCUT2D eigenvalue weighted by atomic mass is 10.1. The number of fused-ring (bicyclic) bond motifs is 1. The summed E-state index contributed by atoms with van der Waals surface area (Å²) in [5, 5.41) is 7.65. The van der Waals surface area contributed by atoms with E-state index in [0.717, 1.165) is 40.3 Å². The van der Waals surface area contributed by atoms with Crippen LogP contribution >= 0.6 is 0 Å². The van der Waals surface area contributed by atoms with Crippen molar-refractivity contribution in [1.29, 1.82) is 0 Å². The number of anilines is 1. The molecular formula is C25H29N5O. The van der Waals surface area contributed by atoms with E-state index < -0.39 is 0 Å². The Morgan fingerprint density at radius 3 is 2.55 bits per heavy atom. The third-order valence-electron chi connectivity index (χ3n) is 5.55. The minimum absolute atomic E-state index is 0.0104. The summed E-state index contributed by atoms with van der Waals surface area (Å²) in [5.41, 5.74) is 7.18. The highest BCUT2D eigenvalue weighted by Crippen LogP contribution is 2.20. The van der Waals surface area contributed by atoms with Gasteiger partial charge in [-0.1, -0.05) is 26.0 Å². The second kappa shape index (κ2) is 8.76. The molecule has 0 unspecified atom stereocenters. The number of rotatable bonds is 7. The first kappa shape index (κ1) is 20.8. The second-order valence-corrected chi connectivity index (χ2v) is 8.42. The van der Waals surface area contributed by atoms with Crippen LogP contribution in [0.25, 0.3) is 16.7 Å². The molecule has 4 rings (SSSR count). The molecule has 0 aliphatic heterocycles. The molecule has 31 heavy (non-hydrogen) atoms. The van der Waals surface area contributed by atoms with Crippen LogP contribution in [0, 0.1) is 19.8 Å². The zero-order valence-electron chi connectivity index (χ0n) is 18.6. The van der Waals surface area contributed by atoms with Crippen LogP contribution in [-0.2, 0) is 17.8 Å². The zero-order valence-corrected chi connectivity index (χ0v) is 18.6. The minimum atomic E-state index is 0.0104. The first-order chi connectivity index (χ1) is 14.9. The number of imidazole rings is 1. The van der Waals surface area contributed by atoms with Gasteiger partial charge in [0.05, 0.1) is 16.7 Å². The maximum Gasteiger partial charge on any atom is 0.224 e. The lowest BCUT2D eigenvalue weighted by Crippen LogP contribution is -2.13. The summed E-state index contributed by atoms with van der Waals surface area (Å²) < 4.78 is 4.10. The van der Waals surface area contributed by atoms with Crippen molar-refractivity contribution in [3.8, 4) is 5.69 Å². The standard InChI is InChI=1S/C25H29N5O/c1-17(2)15-30-19(4)22(18(3)28-30)13-14-25(31)27-20-9-11-21(12-10-20)29-16-26-23-7-5-6-8-24(23)29/h5-12,16-17H,13-15H2,1-4H3,(H,27,31). The maximum absolute atomic E-state index is 12.5. The number of hydrogen-bond acceptors (Lipinski definition) is 3. The summed E-state index contributed by atoms with van der Waals surface area (Å²) in [6, 6.07) is 15.9. The van der Waals surface area contributed by atoms with E-state index in [1.807, 2.05) is 66.3 Å². The van der Waals surface area contributed by atoms with Gasteiger partial charge in [-0.2, -0.15) is 5.10 Å². The number of aryl methyl sites for hydroxylation is 1. The van der Waals surface area contributed by atoms with Crippen LogP contribution in [0.1, 0.15) is 37.2 Å². The van der Waals surface area contributed by atoms with Crippen LogP contribution in [0.5, 0.6) is 0 Å². The molecular weight excluding hydrogens is 386 g/mol. The van der Waals surface area contributed by atoms with Crippen molar-refractivity contribution < 1.29 is 4.79 Å². The molecule has 0 radical (unpaired) electrons. The molecule has 1 amide bonds. The predicted molar refractivity (Wildman–Crippen MR) is 125 cm³/mol. The van der Waals surface area contributed by atoms with E-state index in [-0.39, 0.29) is 5.91 Å². The van der Waals surface area contributed by atoms with Crippen LogP contribution < -0.4 is 5.32 Å². The summed E-state index contributed by atoms with van der Waals surface area (Å²) in [4.78, 5) is 17.0. The fraction of sp³-hybridized carbons (Fsp3) is 0.320. The average molecular weight is 416 g/mol. The van der Waals surface area contributed by atoms with Crippen molar-refractivity contribution in [3.63, 3.8) is 0 Å². The van der Waals surface area contributed by atoms with Gasteiger partial charge in [0.15, 0.2) is 0 Å². The smallest absolute Gasteiger partial charge is 0.224 e. The van der Waals surface area contributed by atoms with Gasteiger partial charge in [-0.3, -0.25) is 14.0 Å². The van der Waals surface area contributed by atoms with Crippen LogP contribution in [-0.4, -0.2) is 25.2 Å². The van der Waals surface area contributed by atoms with E-state index in [1.165, 1.54) is 5.56 Å². The lowest BCUT2D eigenvalue weighted by Gasteiger charge is -2.09. The van der Waals surface area contributed by atoms with Crippen molar-refractivity contribution in [2.24, 2.45) is 5.92 Å². The molecule has 0 spiro atoms. The second-order valence-electron chi connectivity index (χ2n) is 8.42. The summed E-state index contributed by atoms with van der Waals surface area (Å²) in [6.45, 7) is 9.38. The molecule has 6 nitrogen and oxygen atoms in total. The van der Waals surface area contributed by atoms with Crippen molar-refractivity contribution in [1.82, 2.24) is 19.3 Å². The van der Waals surface area contributed by atoms with E-state index in [0.29, 0.717) is 18.8 Å². The van der Waals surface area contributed by atoms with Crippen molar-refractivity contribution in [3.05, 3.63) is 71.8 Å². The Morgan fingerprint density at radius 2 is 1.81 bits per heavy atom. The highest BCUT2D eigenvalue weighted by Gasteiger charge is 2.14. The Hall–Kier alpha value is -3.41. The van der Waals surface area contributed by atoms with Gasteiger partial charge in [0.2, 0.25) is 5.91 Å². The Labute approximate surface area is 182 Å². The number of hydrogen-bond donors (Lipinski definition) is 1. The first-order valence-electron chi connectivity index (χ1n) is 10.8. The van der Waals surface area contributed by atoms with Crippen molar-refractivity contribution in [2.45, 2.75) is 47.1 Å². The molecule has 2 aromatic heterocycles. The van der Waals surface area contributed by atoms with E-state index in [4.69, 9.17) is 0 Å². The molecule has 0 aliphatic carbocycles. The molecule has 2 aromatic carbocycles. The van der Waals surface area contributed by atoms with Crippen molar-refractivity contribution in [2.75, 3.05) is 5.32 Å². The third kappa shape index (κ3) is 4.53. The Morgan fingerprint density at radius 1 is 1.06 bits per heavy atom. The fourth-order valence-corrected chi connectivity index (χ4v) is 3.95. The number of aromatic nitrogens is 4. The maximum atomic E-state index is 12.5. The molecule has 0 bridgehead atoms. The summed E-state index contributed by atoms with van der Waals surface area (Å²) in [6.07, 6.45) is 2.95. The number of carbonyl (C=O) groups excluding carboxylic acids is 1. The molecule has 0 aliphatic rings. The number of nitrogens with zero attached hydrogens (tertiary/aromatic N) is 4. The molecule has 0 saturated heterocycles. The third-order valence-corrected chi connectivity index (χ3v) is 5.55. The number of amides is 1. The van der Waals surface area contributed by atoms with E-state index in [2.05, 4.69) is 40.9 Å². The topological polar surface area (TPSA) is 64.7 Å². The Balaban J connectivity index is 1.39. The zero-order chi connectivity index (χ0) is 22.0. The monoisotopic (exact) mass is 415 g/mol. The molecule has 1 N–H and O–H groups in total. The van der Waals surface area contributed by atoms with Gasteiger partial charge in [0.1, 0.15) is 6.33 Å². The first-order valence-corrected chi connectivity index (χ1v) is 10.8. The number of nitrogens with one attached hydrogen (secondary N) is 1. The molecule has 0 atom stereocenters. The molecule has 0 saturated carbocycles. The van der Waals surface area contributed by atoms with Gasteiger partial charge in [-0.05, 0) is 68.1 Å². The minimum Gasteiger partial charge on any atom is -0.326 e. The number of para-hydroxylation sites is 2. The lowest BCUT2D eigenvalue weighted by molar-refractivity contribution is -0.116. The highest BCUT2D eigenvalue weighted by molar-refractivity contribution is 5.91. The van der Waals surface area contributed by atoms with Crippen LogP contribution in [0.4, 0.5) is 5.69 Å². The van der Waals surface area contributed by atoms with Gasteiger partial charge in [-0.15, -0.1) is 0 Å². The SMILES string of the molecule is Cc1nn(CC(C)C)c(C)c1CCC(=O)Nc1ccc(-n2cnc3ccccc32)cc1. The summed E-state index contributed by atoms with van der Waals surface area (Å²) in [7, 11) is 0. The largest absolute Gasteiger partial charge is 0.326 e. The molecule has 160 valence electrons. The Kier molecular flexibility index (Phi) is 5.89. The van der Waals surface area contributed by atoms with Crippen LogP contribution in [0.2, 0.25) is 0 Å². The molecule has 0 fully saturated rings. The summed E-state index contributed by atoms with van der Waals surface area (Å²) in [5.74, 6) is 0.550. The van der Waals surface area contributed by atoms with Crippen molar-refractivity contribution >= 4 is 22.6 Å². The van der Waals surface area contributed by atoms with Gasteiger partial charge < -0.3 is 5.32 Å². The van der Waals surface area contributed by atoms with E-state index in [1.54, 1.807) is 0 Å². The predicted octanol–water partition coefficient (Wildman–Crippen LogP) is 5.07. The number of benzene rings is 2. The fourth-order valence-electron chi connectivity index (χ4n) is 3.95. The summed E-state index contributed by atoms with van der Waals surface area (Å²) >= 11 is 0. The molecule has 6 heteroatoms. The molecule has 2 heterocycles. The van der Waals surface area contributed by atoms with Gasteiger partial charge >= 0.3 is 0 Å². The average Bonchev–Trinajstić information content (AvgIpc) is 3.28. The normalized spacial score (nSPS) is 11.4. The van der Waals surface area contributed by atoms with Crippen LogP contribution in [0.15, 0.2) is 54.9 Å². The van der Waals surface area contributed by atoms with Gasteiger partial charge in [0.25, 0.3) is 0 Å². The Bertz CT molecular complexity index is 1200. The highest BCUT2D eigenvalue weighted by atomic mass is 16.1. The molecule has 4 aromatic rings. The number of carbonyl (C=O) groups is 1.